The Morgan fingerprint density at radius 3 is 2.40 bits per heavy atom. The van der Waals surface area contributed by atoms with Crippen LogP contribution in [-0.4, -0.2) is 30.5 Å². The number of halogens is 1. The van der Waals surface area contributed by atoms with E-state index in [-0.39, 0.29) is 12.2 Å². The van der Waals surface area contributed by atoms with Gasteiger partial charge in [-0.3, -0.25) is 0 Å². The molecule has 1 rings (SSSR count). The Morgan fingerprint density at radius 2 is 1.90 bits per heavy atom. The van der Waals surface area contributed by atoms with E-state index in [1.807, 2.05) is 20.8 Å². The number of rotatable bonds is 8. The van der Waals surface area contributed by atoms with Crippen molar-refractivity contribution >= 4 is 0 Å². The lowest BCUT2D eigenvalue weighted by Gasteiger charge is -2.36. The molecule has 0 fully saturated rings. The number of methoxy groups -OCH3 is 1. The molecule has 0 heterocycles. The Hall–Kier alpha value is -1.13. The summed E-state index contributed by atoms with van der Waals surface area (Å²) < 4.78 is 24.9. The molecule has 0 radical (unpaired) electrons. The monoisotopic (exact) mass is 284 g/mol. The van der Waals surface area contributed by atoms with E-state index in [4.69, 9.17) is 9.47 Å². The third kappa shape index (κ3) is 3.49. The van der Waals surface area contributed by atoms with E-state index in [1.54, 1.807) is 18.2 Å². The highest BCUT2D eigenvalue weighted by molar-refractivity contribution is 5.31. The first-order valence-corrected chi connectivity index (χ1v) is 7.18. The van der Waals surface area contributed by atoms with Gasteiger partial charge >= 0.3 is 0 Å². The summed E-state index contributed by atoms with van der Waals surface area (Å²) in [6.07, 6.45) is 0.831. The van der Waals surface area contributed by atoms with E-state index in [0.29, 0.717) is 25.0 Å². The number of hydrogen-bond acceptors (Lipinski definition) is 3. The third-order valence-electron chi connectivity index (χ3n) is 3.91. The predicted molar refractivity (Wildman–Crippen MR) is 77.6 cm³/mol. The lowest BCUT2D eigenvalue weighted by Crippen LogP contribution is -2.45. The van der Waals surface area contributed by atoms with E-state index in [0.717, 1.165) is 0 Å². The second-order valence-electron chi connectivity index (χ2n) is 4.86. The number of aliphatic hydroxyl groups excluding tert-OH is 1. The molecule has 114 valence electrons. The standard InChI is InChI=1S/C16H25FO3/c1-5-16(6-2,20-7-3)14(18)11-12-9-8-10-13(19-4)15(12)17/h8-10,14,18H,5-7,11H2,1-4H3. The van der Waals surface area contributed by atoms with Crippen molar-refractivity contribution in [3.63, 3.8) is 0 Å². The molecule has 1 aromatic carbocycles. The molecule has 0 aliphatic carbocycles. The Kier molecular flexibility index (Phi) is 6.43. The van der Waals surface area contributed by atoms with Gasteiger partial charge in [-0.05, 0) is 31.4 Å². The topological polar surface area (TPSA) is 38.7 Å². The quantitative estimate of drug-likeness (QED) is 0.795. The fraction of sp³-hybridized carbons (Fsp3) is 0.625. The van der Waals surface area contributed by atoms with Gasteiger partial charge in [0, 0.05) is 13.0 Å². The minimum absolute atomic E-state index is 0.199. The van der Waals surface area contributed by atoms with E-state index < -0.39 is 17.5 Å². The molecule has 1 unspecified atom stereocenters. The van der Waals surface area contributed by atoms with Crippen molar-refractivity contribution in [3.8, 4) is 5.75 Å². The van der Waals surface area contributed by atoms with Crippen LogP contribution in [0.1, 0.15) is 39.2 Å². The van der Waals surface area contributed by atoms with Crippen molar-refractivity contribution < 1.29 is 19.0 Å². The summed E-state index contributed by atoms with van der Waals surface area (Å²) in [6.45, 7) is 6.38. The van der Waals surface area contributed by atoms with Crippen LogP contribution in [0.25, 0.3) is 0 Å². The van der Waals surface area contributed by atoms with E-state index >= 15 is 0 Å². The van der Waals surface area contributed by atoms with Gasteiger partial charge in [-0.25, -0.2) is 4.39 Å². The molecule has 4 heteroatoms. The first-order chi connectivity index (χ1) is 9.54. The second-order valence-corrected chi connectivity index (χ2v) is 4.86. The van der Waals surface area contributed by atoms with Gasteiger partial charge in [0.2, 0.25) is 0 Å². The fourth-order valence-corrected chi connectivity index (χ4v) is 2.57. The Labute approximate surface area is 120 Å². The highest BCUT2D eigenvalue weighted by Gasteiger charge is 2.35. The first-order valence-electron chi connectivity index (χ1n) is 7.18. The summed E-state index contributed by atoms with van der Waals surface area (Å²) >= 11 is 0. The van der Waals surface area contributed by atoms with Gasteiger partial charge in [0.05, 0.1) is 18.8 Å². The molecule has 1 N–H and O–H groups in total. The lowest BCUT2D eigenvalue weighted by molar-refractivity contribution is -0.124. The molecule has 0 spiro atoms. The fourth-order valence-electron chi connectivity index (χ4n) is 2.57. The number of aliphatic hydroxyl groups is 1. The van der Waals surface area contributed by atoms with Crippen LogP contribution in [0.4, 0.5) is 4.39 Å². The van der Waals surface area contributed by atoms with Crippen LogP contribution < -0.4 is 4.74 Å². The molecule has 3 nitrogen and oxygen atoms in total. The molecular weight excluding hydrogens is 259 g/mol. The molecule has 0 amide bonds. The molecular formula is C16H25FO3. The molecule has 0 aliphatic heterocycles. The van der Waals surface area contributed by atoms with Gasteiger partial charge in [0.25, 0.3) is 0 Å². The molecule has 0 bridgehead atoms. The largest absolute Gasteiger partial charge is 0.494 e. The molecule has 0 saturated heterocycles. The van der Waals surface area contributed by atoms with Gasteiger partial charge < -0.3 is 14.6 Å². The van der Waals surface area contributed by atoms with E-state index in [1.165, 1.54) is 7.11 Å². The third-order valence-corrected chi connectivity index (χ3v) is 3.91. The first kappa shape index (κ1) is 16.9. The van der Waals surface area contributed by atoms with Crippen molar-refractivity contribution in [2.75, 3.05) is 13.7 Å². The highest BCUT2D eigenvalue weighted by atomic mass is 19.1. The van der Waals surface area contributed by atoms with Crippen molar-refractivity contribution in [1.82, 2.24) is 0 Å². The van der Waals surface area contributed by atoms with Crippen LogP contribution in [0, 0.1) is 5.82 Å². The SMILES string of the molecule is CCOC(CC)(CC)C(O)Cc1cccc(OC)c1F. The number of hydrogen-bond donors (Lipinski definition) is 1. The smallest absolute Gasteiger partial charge is 0.168 e. The molecule has 20 heavy (non-hydrogen) atoms. The number of ether oxygens (including phenoxy) is 2. The van der Waals surface area contributed by atoms with Gasteiger partial charge in [0.15, 0.2) is 11.6 Å². The average molecular weight is 284 g/mol. The van der Waals surface area contributed by atoms with Gasteiger partial charge in [-0.15, -0.1) is 0 Å². The van der Waals surface area contributed by atoms with Crippen molar-refractivity contribution in [2.24, 2.45) is 0 Å². The highest BCUT2D eigenvalue weighted by Crippen LogP contribution is 2.29. The Morgan fingerprint density at radius 1 is 1.25 bits per heavy atom. The summed E-state index contributed by atoms with van der Waals surface area (Å²) in [5, 5.41) is 10.5. The van der Waals surface area contributed by atoms with Gasteiger partial charge in [0.1, 0.15) is 0 Å². The maximum Gasteiger partial charge on any atom is 0.168 e. The average Bonchev–Trinajstić information content (AvgIpc) is 2.47. The zero-order valence-electron chi connectivity index (χ0n) is 12.8. The van der Waals surface area contributed by atoms with Gasteiger partial charge in [-0.1, -0.05) is 26.0 Å². The molecule has 1 atom stereocenters. The zero-order chi connectivity index (χ0) is 15.2. The molecule has 1 aromatic rings. The van der Waals surface area contributed by atoms with Gasteiger partial charge in [-0.2, -0.15) is 0 Å². The van der Waals surface area contributed by atoms with Crippen molar-refractivity contribution in [1.29, 1.82) is 0 Å². The van der Waals surface area contributed by atoms with Crippen LogP contribution in [0.3, 0.4) is 0 Å². The maximum absolute atomic E-state index is 14.1. The Bertz CT molecular complexity index is 416. The molecule has 0 aromatic heterocycles. The van der Waals surface area contributed by atoms with Crippen molar-refractivity contribution in [2.45, 2.75) is 51.7 Å². The second kappa shape index (κ2) is 7.60. The number of benzene rings is 1. The summed E-state index contributed by atoms with van der Waals surface area (Å²) in [6, 6.07) is 4.97. The summed E-state index contributed by atoms with van der Waals surface area (Å²) in [5.41, 5.74) is -0.174. The van der Waals surface area contributed by atoms with E-state index in [2.05, 4.69) is 0 Å². The summed E-state index contributed by atoms with van der Waals surface area (Å²) in [5.74, 6) is -0.212. The summed E-state index contributed by atoms with van der Waals surface area (Å²) in [7, 11) is 1.43. The Balaban J connectivity index is 2.96. The lowest BCUT2D eigenvalue weighted by atomic mass is 9.86. The normalized spacial score (nSPS) is 13.3. The molecule has 0 aliphatic rings. The van der Waals surface area contributed by atoms with Crippen LogP contribution in [-0.2, 0) is 11.2 Å². The van der Waals surface area contributed by atoms with Crippen molar-refractivity contribution in [3.05, 3.63) is 29.6 Å². The van der Waals surface area contributed by atoms with Crippen LogP contribution >= 0.6 is 0 Å². The zero-order valence-corrected chi connectivity index (χ0v) is 12.8. The summed E-state index contributed by atoms with van der Waals surface area (Å²) in [4.78, 5) is 0. The predicted octanol–water partition coefficient (Wildman–Crippen LogP) is 3.33. The maximum atomic E-state index is 14.1. The minimum Gasteiger partial charge on any atom is -0.494 e. The van der Waals surface area contributed by atoms with E-state index in [9.17, 15) is 9.50 Å². The van der Waals surface area contributed by atoms with Crippen LogP contribution in [0.15, 0.2) is 18.2 Å². The minimum atomic E-state index is -0.751. The van der Waals surface area contributed by atoms with Crippen LogP contribution in [0.2, 0.25) is 0 Å². The molecule has 0 saturated carbocycles. The van der Waals surface area contributed by atoms with Crippen LogP contribution in [0.5, 0.6) is 5.75 Å².